The van der Waals surface area contributed by atoms with E-state index in [2.05, 4.69) is 52.0 Å². The molecular weight excluding hydrogens is 236 g/mol. The molecule has 2 nitrogen and oxygen atoms in total. The third-order valence-corrected chi connectivity index (χ3v) is 5.09. The van der Waals surface area contributed by atoms with Crippen LogP contribution in [0.2, 0.25) is 0 Å². The van der Waals surface area contributed by atoms with Crippen LogP contribution in [0.3, 0.4) is 0 Å². The highest BCUT2D eigenvalue weighted by Crippen LogP contribution is 2.59. The van der Waals surface area contributed by atoms with Crippen LogP contribution in [0.25, 0.3) is 0 Å². The smallest absolute Gasteiger partial charge is 0.158 e. The van der Waals surface area contributed by atoms with Gasteiger partial charge in [-0.2, -0.15) is 0 Å². The Balaban J connectivity index is 2.04. The van der Waals surface area contributed by atoms with Crippen molar-refractivity contribution in [1.82, 2.24) is 0 Å². The minimum absolute atomic E-state index is 0.0156. The molecule has 1 fully saturated rings. The molecule has 104 valence electrons. The van der Waals surface area contributed by atoms with Gasteiger partial charge in [-0.3, -0.25) is 0 Å². The summed E-state index contributed by atoms with van der Waals surface area (Å²) in [5.41, 5.74) is 2.67. The summed E-state index contributed by atoms with van der Waals surface area (Å²) in [4.78, 5) is 0. The Morgan fingerprint density at radius 2 is 1.89 bits per heavy atom. The van der Waals surface area contributed by atoms with Gasteiger partial charge in [0.25, 0.3) is 0 Å². The molecule has 1 aromatic rings. The first kappa shape index (κ1) is 13.1. The number of benzene rings is 1. The van der Waals surface area contributed by atoms with E-state index in [4.69, 9.17) is 9.47 Å². The Morgan fingerprint density at radius 3 is 2.53 bits per heavy atom. The maximum atomic E-state index is 6.41. The zero-order chi connectivity index (χ0) is 13.7. The Morgan fingerprint density at radius 1 is 1.16 bits per heavy atom. The third-order valence-electron chi connectivity index (χ3n) is 5.09. The summed E-state index contributed by atoms with van der Waals surface area (Å²) < 4.78 is 12.5. The Kier molecular flexibility index (Phi) is 2.99. The highest BCUT2D eigenvalue weighted by molar-refractivity contribution is 5.45. The predicted molar refractivity (Wildman–Crippen MR) is 75.9 cm³/mol. The van der Waals surface area contributed by atoms with Crippen LogP contribution in [0.15, 0.2) is 24.3 Å². The molecule has 0 radical (unpaired) electrons. The van der Waals surface area contributed by atoms with Gasteiger partial charge in [-0.05, 0) is 24.0 Å². The topological polar surface area (TPSA) is 18.5 Å². The lowest BCUT2D eigenvalue weighted by molar-refractivity contribution is -0.350. The first-order valence-corrected chi connectivity index (χ1v) is 7.47. The van der Waals surface area contributed by atoms with Crippen LogP contribution < -0.4 is 0 Å². The van der Waals surface area contributed by atoms with Crippen molar-refractivity contribution in [3.05, 3.63) is 35.4 Å². The molecule has 0 bridgehead atoms. The first-order chi connectivity index (χ1) is 9.05. The lowest BCUT2D eigenvalue weighted by Crippen LogP contribution is -2.63. The van der Waals surface area contributed by atoms with E-state index < -0.39 is 0 Å². The zero-order valence-electron chi connectivity index (χ0n) is 12.4. The molecule has 0 aromatic heterocycles. The SMILES string of the molecule is CCC1O[C@H](CC)C(C)(C)[C@@]2(Cc3ccccc32)O1. The summed E-state index contributed by atoms with van der Waals surface area (Å²) >= 11 is 0. The van der Waals surface area contributed by atoms with E-state index in [1.807, 2.05) is 0 Å². The van der Waals surface area contributed by atoms with E-state index in [9.17, 15) is 0 Å². The van der Waals surface area contributed by atoms with Gasteiger partial charge in [0.2, 0.25) is 0 Å². The lowest BCUT2D eigenvalue weighted by Gasteiger charge is -2.60. The van der Waals surface area contributed by atoms with Crippen molar-refractivity contribution in [3.63, 3.8) is 0 Å². The molecular formula is C17H24O2. The Hall–Kier alpha value is -0.860. The number of fused-ring (bicyclic) bond motifs is 2. The predicted octanol–water partition coefficient (Wildman–Crippen LogP) is 4.03. The van der Waals surface area contributed by atoms with Crippen LogP contribution >= 0.6 is 0 Å². The fourth-order valence-electron chi connectivity index (χ4n) is 3.81. The molecule has 0 amide bonds. The fourth-order valence-corrected chi connectivity index (χ4v) is 3.81. The monoisotopic (exact) mass is 260 g/mol. The number of ether oxygens (including phenoxy) is 2. The molecule has 1 heterocycles. The molecule has 3 atom stereocenters. The van der Waals surface area contributed by atoms with Gasteiger partial charge < -0.3 is 9.47 Å². The van der Waals surface area contributed by atoms with Crippen LogP contribution in [0, 0.1) is 5.41 Å². The largest absolute Gasteiger partial charge is 0.349 e. The molecule has 0 saturated carbocycles. The van der Waals surface area contributed by atoms with Crippen molar-refractivity contribution in [2.75, 3.05) is 0 Å². The normalized spacial score (nSPS) is 35.8. The molecule has 0 N–H and O–H groups in total. The van der Waals surface area contributed by atoms with E-state index in [1.165, 1.54) is 11.1 Å². The van der Waals surface area contributed by atoms with Crippen molar-refractivity contribution in [1.29, 1.82) is 0 Å². The van der Waals surface area contributed by atoms with E-state index in [0.717, 1.165) is 19.3 Å². The van der Waals surface area contributed by atoms with E-state index in [1.54, 1.807) is 0 Å². The number of hydrogen-bond donors (Lipinski definition) is 0. The molecule has 2 heteroatoms. The molecule has 1 aromatic carbocycles. The van der Waals surface area contributed by atoms with Crippen LogP contribution in [-0.4, -0.2) is 12.4 Å². The summed E-state index contributed by atoms with van der Waals surface area (Å²) in [6.07, 6.45) is 3.17. The standard InChI is InChI=1S/C17H24O2/c1-5-14-16(3,4)17(19-15(6-2)18-14)11-12-9-7-8-10-13(12)17/h7-10,14-15H,5-6,11H2,1-4H3/t14-,15?,17+/m1/s1. The van der Waals surface area contributed by atoms with E-state index in [0.29, 0.717) is 0 Å². The molecule has 1 saturated heterocycles. The van der Waals surface area contributed by atoms with Crippen molar-refractivity contribution in [3.8, 4) is 0 Å². The number of rotatable bonds is 2. The van der Waals surface area contributed by atoms with Gasteiger partial charge in [0, 0.05) is 11.8 Å². The summed E-state index contributed by atoms with van der Waals surface area (Å²) in [5.74, 6) is 0. The van der Waals surface area contributed by atoms with Gasteiger partial charge in [0.1, 0.15) is 5.60 Å². The lowest BCUT2D eigenvalue weighted by atomic mass is 9.56. The van der Waals surface area contributed by atoms with Crippen LogP contribution in [-0.2, 0) is 21.5 Å². The second kappa shape index (κ2) is 4.32. The molecule has 3 rings (SSSR count). The van der Waals surface area contributed by atoms with Crippen molar-refractivity contribution in [2.45, 2.75) is 65.0 Å². The minimum Gasteiger partial charge on any atom is -0.349 e. The fraction of sp³-hybridized carbons (Fsp3) is 0.647. The van der Waals surface area contributed by atoms with Gasteiger partial charge in [0.15, 0.2) is 6.29 Å². The van der Waals surface area contributed by atoms with Crippen molar-refractivity contribution in [2.24, 2.45) is 5.41 Å². The maximum absolute atomic E-state index is 6.41. The second-order valence-corrected chi connectivity index (χ2v) is 6.37. The molecule has 1 spiro atoms. The maximum Gasteiger partial charge on any atom is 0.158 e. The molecule has 2 aliphatic rings. The average molecular weight is 260 g/mol. The number of hydrogen-bond acceptors (Lipinski definition) is 2. The van der Waals surface area contributed by atoms with Crippen LogP contribution in [0.5, 0.6) is 0 Å². The highest BCUT2D eigenvalue weighted by atomic mass is 16.7. The molecule has 1 aliphatic heterocycles. The Bertz CT molecular complexity index is 480. The molecule has 1 aliphatic carbocycles. The minimum atomic E-state index is -0.150. The van der Waals surface area contributed by atoms with Crippen molar-refractivity contribution < 1.29 is 9.47 Å². The van der Waals surface area contributed by atoms with Gasteiger partial charge in [0.05, 0.1) is 6.10 Å². The summed E-state index contributed by atoms with van der Waals surface area (Å²) in [7, 11) is 0. The highest BCUT2D eigenvalue weighted by Gasteiger charge is 2.61. The summed E-state index contributed by atoms with van der Waals surface area (Å²) in [6, 6.07) is 8.69. The quantitative estimate of drug-likeness (QED) is 0.799. The summed E-state index contributed by atoms with van der Waals surface area (Å²) in [5, 5.41) is 0. The van der Waals surface area contributed by atoms with Crippen molar-refractivity contribution >= 4 is 0 Å². The Labute approximate surface area is 116 Å². The summed E-state index contributed by atoms with van der Waals surface area (Å²) in [6.45, 7) is 8.93. The van der Waals surface area contributed by atoms with Gasteiger partial charge in [-0.1, -0.05) is 52.0 Å². The van der Waals surface area contributed by atoms with Gasteiger partial charge in [-0.25, -0.2) is 0 Å². The van der Waals surface area contributed by atoms with Gasteiger partial charge >= 0.3 is 0 Å². The third kappa shape index (κ3) is 1.63. The first-order valence-electron chi connectivity index (χ1n) is 7.47. The van der Waals surface area contributed by atoms with E-state index >= 15 is 0 Å². The zero-order valence-corrected chi connectivity index (χ0v) is 12.4. The molecule has 19 heavy (non-hydrogen) atoms. The van der Waals surface area contributed by atoms with Gasteiger partial charge in [-0.15, -0.1) is 0 Å². The molecule has 1 unspecified atom stereocenters. The average Bonchev–Trinajstić information content (AvgIpc) is 2.38. The van der Waals surface area contributed by atoms with E-state index in [-0.39, 0.29) is 23.4 Å². The second-order valence-electron chi connectivity index (χ2n) is 6.37. The van der Waals surface area contributed by atoms with Crippen LogP contribution in [0.1, 0.15) is 51.7 Å². The van der Waals surface area contributed by atoms with Crippen LogP contribution in [0.4, 0.5) is 0 Å².